The van der Waals surface area contributed by atoms with Crippen molar-refractivity contribution in [1.82, 2.24) is 5.32 Å². The molecule has 1 aliphatic rings. The second kappa shape index (κ2) is 7.47. The van der Waals surface area contributed by atoms with Gasteiger partial charge in [0, 0.05) is 19.8 Å². The van der Waals surface area contributed by atoms with Crippen molar-refractivity contribution in [2.24, 2.45) is 5.73 Å². The molecule has 2 aromatic carbocycles. The van der Waals surface area contributed by atoms with E-state index in [1.54, 1.807) is 0 Å². The SMILES string of the molecule is NC1(C(=O)NCc2ccc(Oc3ccccc3)cc2)CCOCC1. The van der Waals surface area contributed by atoms with Gasteiger partial charge in [0.25, 0.3) is 0 Å². The third-order valence-electron chi connectivity index (χ3n) is 4.19. The van der Waals surface area contributed by atoms with E-state index in [1.165, 1.54) is 0 Å². The number of nitrogens with one attached hydrogen (secondary N) is 1. The summed E-state index contributed by atoms with van der Waals surface area (Å²) in [4.78, 5) is 12.3. The van der Waals surface area contributed by atoms with Gasteiger partial charge in [-0.25, -0.2) is 0 Å². The smallest absolute Gasteiger partial charge is 0.240 e. The minimum absolute atomic E-state index is 0.115. The van der Waals surface area contributed by atoms with Crippen LogP contribution in [0.2, 0.25) is 0 Å². The van der Waals surface area contributed by atoms with E-state index >= 15 is 0 Å². The first-order valence-corrected chi connectivity index (χ1v) is 8.12. The zero-order valence-electron chi connectivity index (χ0n) is 13.5. The fraction of sp³-hybridized carbons (Fsp3) is 0.316. The van der Waals surface area contributed by atoms with Gasteiger partial charge in [-0.05, 0) is 42.7 Å². The number of rotatable bonds is 5. The average molecular weight is 326 g/mol. The maximum Gasteiger partial charge on any atom is 0.240 e. The van der Waals surface area contributed by atoms with Crippen LogP contribution in [0.1, 0.15) is 18.4 Å². The summed E-state index contributed by atoms with van der Waals surface area (Å²) < 4.78 is 11.0. The highest BCUT2D eigenvalue weighted by atomic mass is 16.5. The molecule has 1 amide bonds. The maximum atomic E-state index is 12.3. The first-order chi connectivity index (χ1) is 11.7. The Hall–Kier alpha value is -2.37. The van der Waals surface area contributed by atoms with Crippen LogP contribution in [0.4, 0.5) is 0 Å². The van der Waals surface area contributed by atoms with Crippen molar-refractivity contribution in [3.8, 4) is 11.5 Å². The molecule has 0 unspecified atom stereocenters. The summed E-state index contributed by atoms with van der Waals surface area (Å²) in [5.74, 6) is 1.44. The molecular formula is C19H22N2O3. The molecular weight excluding hydrogens is 304 g/mol. The van der Waals surface area contributed by atoms with Gasteiger partial charge in [0.15, 0.2) is 0 Å². The number of hydrogen-bond donors (Lipinski definition) is 2. The van der Waals surface area contributed by atoms with E-state index in [4.69, 9.17) is 15.2 Å². The summed E-state index contributed by atoms with van der Waals surface area (Å²) in [5, 5.41) is 2.92. The predicted octanol–water partition coefficient (Wildman–Crippen LogP) is 2.60. The summed E-state index contributed by atoms with van der Waals surface area (Å²) in [6.45, 7) is 1.52. The van der Waals surface area contributed by atoms with Crippen LogP contribution in [-0.2, 0) is 16.1 Å². The number of hydrogen-bond acceptors (Lipinski definition) is 4. The minimum Gasteiger partial charge on any atom is -0.457 e. The molecule has 0 atom stereocenters. The van der Waals surface area contributed by atoms with Crippen molar-refractivity contribution >= 4 is 5.91 Å². The fourth-order valence-electron chi connectivity index (χ4n) is 2.62. The lowest BCUT2D eigenvalue weighted by Crippen LogP contribution is -2.56. The summed E-state index contributed by atoms with van der Waals surface area (Å²) in [6.07, 6.45) is 1.12. The number of carbonyl (C=O) groups excluding carboxylic acids is 1. The van der Waals surface area contributed by atoms with Gasteiger partial charge < -0.3 is 20.5 Å². The van der Waals surface area contributed by atoms with Crippen LogP contribution < -0.4 is 15.8 Å². The second-order valence-corrected chi connectivity index (χ2v) is 6.01. The molecule has 0 aliphatic carbocycles. The Kier molecular flexibility index (Phi) is 5.13. The molecule has 2 aromatic rings. The minimum atomic E-state index is -0.811. The van der Waals surface area contributed by atoms with Crippen molar-refractivity contribution in [3.05, 3.63) is 60.2 Å². The van der Waals surface area contributed by atoms with Crippen LogP contribution in [-0.4, -0.2) is 24.7 Å². The Labute approximate surface area is 141 Å². The Balaban J connectivity index is 1.53. The number of ether oxygens (including phenoxy) is 2. The van der Waals surface area contributed by atoms with Gasteiger partial charge in [-0.15, -0.1) is 0 Å². The van der Waals surface area contributed by atoms with E-state index in [2.05, 4.69) is 5.32 Å². The van der Waals surface area contributed by atoms with E-state index in [1.807, 2.05) is 54.6 Å². The molecule has 126 valence electrons. The molecule has 1 aliphatic heterocycles. The summed E-state index contributed by atoms with van der Waals surface area (Å²) >= 11 is 0. The number of amides is 1. The summed E-state index contributed by atoms with van der Waals surface area (Å²) in [5.41, 5.74) is 6.35. The molecule has 24 heavy (non-hydrogen) atoms. The second-order valence-electron chi connectivity index (χ2n) is 6.01. The van der Waals surface area contributed by atoms with E-state index in [0.717, 1.165) is 17.1 Å². The van der Waals surface area contributed by atoms with Crippen LogP contribution >= 0.6 is 0 Å². The average Bonchev–Trinajstić information content (AvgIpc) is 2.62. The Morgan fingerprint density at radius 3 is 2.33 bits per heavy atom. The Morgan fingerprint density at radius 1 is 1.04 bits per heavy atom. The molecule has 0 bridgehead atoms. The topological polar surface area (TPSA) is 73.6 Å². The largest absolute Gasteiger partial charge is 0.457 e. The third kappa shape index (κ3) is 4.13. The van der Waals surface area contributed by atoms with Gasteiger partial charge in [0.2, 0.25) is 5.91 Å². The normalized spacial score (nSPS) is 16.4. The van der Waals surface area contributed by atoms with E-state index in [0.29, 0.717) is 32.6 Å². The number of benzene rings is 2. The lowest BCUT2D eigenvalue weighted by atomic mass is 9.90. The molecule has 0 spiro atoms. The highest BCUT2D eigenvalue weighted by Crippen LogP contribution is 2.21. The van der Waals surface area contributed by atoms with Gasteiger partial charge in [0.05, 0.1) is 5.54 Å². The van der Waals surface area contributed by atoms with E-state index < -0.39 is 5.54 Å². The Bertz CT molecular complexity index is 665. The molecule has 1 fully saturated rings. The van der Waals surface area contributed by atoms with Gasteiger partial charge in [-0.1, -0.05) is 30.3 Å². The van der Waals surface area contributed by atoms with E-state index in [-0.39, 0.29) is 5.91 Å². The molecule has 5 heteroatoms. The molecule has 1 saturated heterocycles. The molecule has 3 N–H and O–H groups in total. The summed E-state index contributed by atoms with van der Waals surface area (Å²) in [6, 6.07) is 17.3. The monoisotopic (exact) mass is 326 g/mol. The van der Waals surface area contributed by atoms with Crippen molar-refractivity contribution in [2.75, 3.05) is 13.2 Å². The van der Waals surface area contributed by atoms with Gasteiger partial charge in [-0.3, -0.25) is 4.79 Å². The Morgan fingerprint density at radius 2 is 1.67 bits per heavy atom. The van der Waals surface area contributed by atoms with Gasteiger partial charge in [0.1, 0.15) is 11.5 Å². The fourth-order valence-corrected chi connectivity index (χ4v) is 2.62. The highest BCUT2D eigenvalue weighted by Gasteiger charge is 2.35. The van der Waals surface area contributed by atoms with Crippen LogP contribution in [0.3, 0.4) is 0 Å². The van der Waals surface area contributed by atoms with Crippen molar-refractivity contribution in [3.63, 3.8) is 0 Å². The lowest BCUT2D eigenvalue weighted by molar-refractivity contribution is -0.129. The zero-order valence-corrected chi connectivity index (χ0v) is 13.5. The van der Waals surface area contributed by atoms with Crippen LogP contribution in [0.5, 0.6) is 11.5 Å². The number of nitrogens with two attached hydrogens (primary N) is 1. The molecule has 3 rings (SSSR count). The zero-order chi connectivity index (χ0) is 16.8. The predicted molar refractivity (Wildman–Crippen MR) is 91.8 cm³/mol. The van der Waals surface area contributed by atoms with Crippen molar-refractivity contribution < 1.29 is 14.3 Å². The number of carbonyl (C=O) groups is 1. The van der Waals surface area contributed by atoms with Crippen LogP contribution in [0.15, 0.2) is 54.6 Å². The standard InChI is InChI=1S/C19H22N2O3/c20-19(10-12-23-13-11-19)18(22)21-14-15-6-8-17(9-7-15)24-16-4-2-1-3-5-16/h1-9H,10-14,20H2,(H,21,22). The molecule has 0 saturated carbocycles. The van der Waals surface area contributed by atoms with Crippen molar-refractivity contribution in [1.29, 1.82) is 0 Å². The molecule has 1 heterocycles. The highest BCUT2D eigenvalue weighted by molar-refractivity contribution is 5.86. The van der Waals surface area contributed by atoms with Crippen LogP contribution in [0.25, 0.3) is 0 Å². The van der Waals surface area contributed by atoms with E-state index in [9.17, 15) is 4.79 Å². The van der Waals surface area contributed by atoms with Gasteiger partial charge >= 0.3 is 0 Å². The maximum absolute atomic E-state index is 12.3. The lowest BCUT2D eigenvalue weighted by Gasteiger charge is -2.31. The molecule has 5 nitrogen and oxygen atoms in total. The third-order valence-corrected chi connectivity index (χ3v) is 4.19. The molecule has 0 aromatic heterocycles. The van der Waals surface area contributed by atoms with Crippen molar-refractivity contribution in [2.45, 2.75) is 24.9 Å². The quantitative estimate of drug-likeness (QED) is 0.886. The number of para-hydroxylation sites is 1. The molecule has 0 radical (unpaired) electrons. The van der Waals surface area contributed by atoms with Crippen LogP contribution in [0, 0.1) is 0 Å². The first-order valence-electron chi connectivity index (χ1n) is 8.12. The van der Waals surface area contributed by atoms with Gasteiger partial charge in [-0.2, -0.15) is 0 Å². The first kappa shape index (κ1) is 16.5. The summed E-state index contributed by atoms with van der Waals surface area (Å²) in [7, 11) is 0.